The smallest absolute Gasteiger partial charge is 0 e. The Morgan fingerprint density at radius 1 is 0.667 bits per heavy atom. The first-order valence-corrected chi connectivity index (χ1v) is 6.39. The van der Waals surface area contributed by atoms with Crippen LogP contribution in [0.3, 0.4) is 0 Å². The summed E-state index contributed by atoms with van der Waals surface area (Å²) in [6.45, 7) is 10.1. The molecule has 0 aromatic heterocycles. The molecule has 0 amide bonds. The monoisotopic (exact) mass is 316 g/mol. The molecule has 0 saturated carbocycles. The van der Waals surface area contributed by atoms with Crippen molar-refractivity contribution in [2.45, 2.75) is 34.6 Å². The summed E-state index contributed by atoms with van der Waals surface area (Å²) in [6.07, 6.45) is 0. The number of rotatable bonds is 1. The van der Waals surface area contributed by atoms with Crippen molar-refractivity contribution in [2.75, 3.05) is 0 Å². The maximum absolute atomic E-state index is 3.01. The van der Waals surface area contributed by atoms with Crippen LogP contribution in [0.2, 0.25) is 0 Å². The fourth-order valence-corrected chi connectivity index (χ4v) is 1.33. The van der Waals surface area contributed by atoms with Gasteiger partial charge >= 0.3 is 0 Å². The van der Waals surface area contributed by atoms with Crippen LogP contribution in [0.5, 0.6) is 0 Å². The zero-order valence-electron chi connectivity index (χ0n) is 12.2. The van der Waals surface area contributed by atoms with Gasteiger partial charge in [0.25, 0.3) is 0 Å². The van der Waals surface area contributed by atoms with Gasteiger partial charge in [-0.2, -0.15) is 30.3 Å². The van der Waals surface area contributed by atoms with Crippen molar-refractivity contribution in [3.8, 4) is 11.1 Å². The summed E-state index contributed by atoms with van der Waals surface area (Å²) in [6, 6.07) is 19.6. The maximum Gasteiger partial charge on any atom is 0 e. The van der Waals surface area contributed by atoms with Crippen molar-refractivity contribution in [1.82, 2.24) is 0 Å². The van der Waals surface area contributed by atoms with Gasteiger partial charge in [0, 0.05) is 32.7 Å². The van der Waals surface area contributed by atoms with Crippen molar-refractivity contribution >= 4 is 0 Å². The number of aryl methyl sites for hydroxylation is 1. The van der Waals surface area contributed by atoms with Gasteiger partial charge in [0.1, 0.15) is 0 Å². The largest absolute Gasteiger partial charge is 0.184 e. The topological polar surface area (TPSA) is 0 Å². The molecule has 2 rings (SSSR count). The van der Waals surface area contributed by atoms with Crippen molar-refractivity contribution in [3.05, 3.63) is 60.2 Å². The third kappa shape index (κ3) is 7.08. The van der Waals surface area contributed by atoms with Gasteiger partial charge in [0.05, 0.1) is 0 Å². The van der Waals surface area contributed by atoms with E-state index < -0.39 is 0 Å². The van der Waals surface area contributed by atoms with Crippen LogP contribution in [0.25, 0.3) is 11.1 Å². The third-order valence-electron chi connectivity index (χ3n) is 2.10. The van der Waals surface area contributed by atoms with Gasteiger partial charge in [-0.1, -0.05) is 57.5 Å². The molecule has 0 fully saturated rings. The summed E-state index contributed by atoms with van der Waals surface area (Å²) in [7, 11) is 0. The molecule has 1 heteroatoms. The van der Waals surface area contributed by atoms with Crippen LogP contribution >= 0.6 is 0 Å². The van der Waals surface area contributed by atoms with Crippen molar-refractivity contribution in [3.63, 3.8) is 0 Å². The van der Waals surface area contributed by atoms with Crippen LogP contribution in [0.15, 0.2) is 48.5 Å². The molecule has 2 aromatic rings. The minimum absolute atomic E-state index is 0. The summed E-state index contributed by atoms with van der Waals surface area (Å²) < 4.78 is 0. The molecular formula is C17H23Y-. The minimum Gasteiger partial charge on any atom is -0.184 e. The van der Waals surface area contributed by atoms with Gasteiger partial charge < -0.3 is 0 Å². The molecule has 1 radical (unpaired) electrons. The Bertz CT molecular complexity index is 376. The molecule has 0 spiro atoms. The van der Waals surface area contributed by atoms with E-state index in [2.05, 4.69) is 49.4 Å². The Morgan fingerprint density at radius 3 is 1.50 bits per heavy atom. The molecule has 95 valence electrons. The second kappa shape index (κ2) is 13.0. The van der Waals surface area contributed by atoms with Gasteiger partial charge in [-0.3, -0.25) is 0 Å². The maximum atomic E-state index is 3.01. The van der Waals surface area contributed by atoms with Crippen LogP contribution < -0.4 is 0 Å². The fraction of sp³-hybridized carbons (Fsp3) is 0.294. The SMILES string of the molecule is CC.CC.Cc1ccc(-c2cc[c-]cc2)cc1.[Y]. The molecule has 0 unspecified atom stereocenters. The molecular weight excluding hydrogens is 293 g/mol. The van der Waals surface area contributed by atoms with Crippen LogP contribution in [-0.2, 0) is 32.7 Å². The van der Waals surface area contributed by atoms with Gasteiger partial charge in [-0.05, 0) is 12.5 Å². The van der Waals surface area contributed by atoms with Gasteiger partial charge in [-0.25, -0.2) is 0 Å². The summed E-state index contributed by atoms with van der Waals surface area (Å²) >= 11 is 0. The van der Waals surface area contributed by atoms with E-state index in [0.717, 1.165) is 0 Å². The molecule has 0 bridgehead atoms. The summed E-state index contributed by atoms with van der Waals surface area (Å²) in [5.41, 5.74) is 3.81. The van der Waals surface area contributed by atoms with E-state index >= 15 is 0 Å². The quantitative estimate of drug-likeness (QED) is 0.608. The summed E-state index contributed by atoms with van der Waals surface area (Å²) in [5.74, 6) is 0. The normalized spacial score (nSPS) is 7.83. The molecule has 0 heterocycles. The first kappa shape index (κ1) is 19.9. The molecule has 2 aromatic carbocycles. The van der Waals surface area contributed by atoms with E-state index in [4.69, 9.17) is 0 Å². The zero-order valence-corrected chi connectivity index (χ0v) is 15.0. The van der Waals surface area contributed by atoms with E-state index in [-0.39, 0.29) is 32.7 Å². The standard InChI is InChI=1S/C13H11.2C2H6.Y/c1-11-7-9-13(10-8-11)12-5-3-2-4-6-12;2*1-2;/h3-10H,1H3;2*1-2H3;/q-1;;;. The van der Waals surface area contributed by atoms with Crippen molar-refractivity contribution in [2.24, 2.45) is 0 Å². The molecule has 18 heavy (non-hydrogen) atoms. The number of hydrogen-bond donors (Lipinski definition) is 0. The molecule has 0 aliphatic carbocycles. The van der Waals surface area contributed by atoms with E-state index in [9.17, 15) is 0 Å². The van der Waals surface area contributed by atoms with E-state index in [1.54, 1.807) is 0 Å². The van der Waals surface area contributed by atoms with Crippen molar-refractivity contribution < 1.29 is 32.7 Å². The molecule has 0 N–H and O–H groups in total. The number of benzene rings is 2. The Labute approximate surface area is 138 Å². The molecule has 0 aliphatic rings. The average Bonchev–Trinajstić information content (AvgIpc) is 2.45. The number of hydrogen-bond acceptors (Lipinski definition) is 0. The van der Waals surface area contributed by atoms with E-state index in [1.807, 2.05) is 39.8 Å². The molecule has 0 atom stereocenters. The molecule has 0 nitrogen and oxygen atoms in total. The first-order chi connectivity index (χ1) is 8.36. The summed E-state index contributed by atoms with van der Waals surface area (Å²) in [5, 5.41) is 0. The summed E-state index contributed by atoms with van der Waals surface area (Å²) in [4.78, 5) is 0. The van der Waals surface area contributed by atoms with Gasteiger partial charge in [0.2, 0.25) is 0 Å². The predicted octanol–water partition coefficient (Wildman–Crippen LogP) is 5.51. The first-order valence-electron chi connectivity index (χ1n) is 6.39. The van der Waals surface area contributed by atoms with E-state index in [1.165, 1.54) is 16.7 Å². The zero-order chi connectivity index (χ0) is 13.1. The van der Waals surface area contributed by atoms with Gasteiger partial charge in [-0.15, -0.1) is 5.56 Å². The second-order valence-corrected chi connectivity index (χ2v) is 3.15. The van der Waals surface area contributed by atoms with E-state index in [0.29, 0.717) is 0 Å². The minimum atomic E-state index is 0. The van der Waals surface area contributed by atoms with Gasteiger partial charge in [0.15, 0.2) is 0 Å². The fourth-order valence-electron chi connectivity index (χ4n) is 1.33. The average molecular weight is 316 g/mol. The van der Waals surface area contributed by atoms with Crippen LogP contribution in [-0.4, -0.2) is 0 Å². The van der Waals surface area contributed by atoms with Crippen LogP contribution in [0.1, 0.15) is 33.3 Å². The molecule has 0 aliphatic heterocycles. The van der Waals surface area contributed by atoms with Crippen LogP contribution in [0.4, 0.5) is 0 Å². The predicted molar refractivity (Wildman–Crippen MR) is 78.1 cm³/mol. The second-order valence-electron chi connectivity index (χ2n) is 3.15. The third-order valence-corrected chi connectivity index (χ3v) is 2.10. The van der Waals surface area contributed by atoms with Crippen molar-refractivity contribution in [1.29, 1.82) is 0 Å². The Morgan fingerprint density at radius 2 is 1.06 bits per heavy atom. The Kier molecular flexibility index (Phi) is 14.3. The van der Waals surface area contributed by atoms with Crippen LogP contribution in [0, 0.1) is 13.0 Å². The Balaban J connectivity index is 0. The Hall–Kier alpha value is -0.456. The molecule has 0 saturated heterocycles.